The van der Waals surface area contributed by atoms with Gasteiger partial charge in [0.15, 0.2) is 5.96 Å². The number of carbonyl (C=O) groups is 6. The quantitative estimate of drug-likeness (QED) is 0.0581. The van der Waals surface area contributed by atoms with Gasteiger partial charge in [0, 0.05) is 19.6 Å². The van der Waals surface area contributed by atoms with Crippen LogP contribution in [0.25, 0.3) is 0 Å². The van der Waals surface area contributed by atoms with Gasteiger partial charge in [-0.2, -0.15) is 0 Å². The largest absolute Gasteiger partial charge is 0.480 e. The van der Waals surface area contributed by atoms with Crippen molar-refractivity contribution in [3.63, 3.8) is 0 Å². The summed E-state index contributed by atoms with van der Waals surface area (Å²) in [5.74, 6) is -3.84. The molecule has 4 atom stereocenters. The van der Waals surface area contributed by atoms with Crippen molar-refractivity contribution in [3.8, 4) is 0 Å². The molecule has 0 aliphatic carbocycles. The molecule has 2 heterocycles. The van der Waals surface area contributed by atoms with Crippen LogP contribution in [0.15, 0.2) is 4.99 Å². The van der Waals surface area contributed by atoms with E-state index >= 15 is 0 Å². The number of carboxylic acid groups (broad SMARTS) is 1. The van der Waals surface area contributed by atoms with Gasteiger partial charge in [-0.05, 0) is 50.9 Å². The van der Waals surface area contributed by atoms with Crippen molar-refractivity contribution in [2.45, 2.75) is 83.0 Å². The maximum atomic E-state index is 13.2. The number of aliphatic carboxylic acids is 1. The minimum Gasteiger partial charge on any atom is -0.480 e. The molecule has 2 aliphatic rings. The Kier molecular flexibility index (Phi) is 13.4. The topological polar surface area (TPSA) is 256 Å². The van der Waals surface area contributed by atoms with E-state index in [0.29, 0.717) is 38.6 Å². The first-order valence-corrected chi connectivity index (χ1v) is 14.3. The van der Waals surface area contributed by atoms with Crippen LogP contribution in [0, 0.1) is 5.92 Å². The summed E-state index contributed by atoms with van der Waals surface area (Å²) in [5, 5.41) is 17.3. The van der Waals surface area contributed by atoms with Gasteiger partial charge in [-0.1, -0.05) is 13.8 Å². The lowest BCUT2D eigenvalue weighted by Gasteiger charge is -2.28. The zero-order valence-corrected chi connectivity index (χ0v) is 24.3. The molecule has 0 bridgehead atoms. The first-order valence-electron chi connectivity index (χ1n) is 14.3. The fourth-order valence-corrected chi connectivity index (χ4v) is 5.21. The van der Waals surface area contributed by atoms with Gasteiger partial charge < -0.3 is 48.1 Å². The number of likely N-dealkylation sites (tertiary alicyclic amines) is 2. The molecule has 10 N–H and O–H groups in total. The number of guanidine groups is 1. The molecule has 0 saturated carbocycles. The van der Waals surface area contributed by atoms with Crippen LogP contribution < -0.4 is 33.2 Å². The lowest BCUT2D eigenvalue weighted by atomic mass is 10.0. The molecule has 0 aromatic rings. The van der Waals surface area contributed by atoms with E-state index in [1.165, 1.54) is 9.80 Å². The Morgan fingerprint density at radius 2 is 1.60 bits per heavy atom. The van der Waals surface area contributed by atoms with Gasteiger partial charge in [0.1, 0.15) is 24.2 Å². The predicted molar refractivity (Wildman–Crippen MR) is 152 cm³/mol. The van der Waals surface area contributed by atoms with Gasteiger partial charge in [0.05, 0.1) is 13.1 Å². The number of carboxylic acids is 1. The van der Waals surface area contributed by atoms with E-state index in [4.69, 9.17) is 17.2 Å². The second kappa shape index (κ2) is 16.5. The van der Waals surface area contributed by atoms with E-state index in [1.807, 2.05) is 13.8 Å². The lowest BCUT2D eigenvalue weighted by molar-refractivity contribution is -0.149. The number of hydrogen-bond acceptors (Lipinski definition) is 8. The molecule has 16 nitrogen and oxygen atoms in total. The number of rotatable bonds is 15. The molecule has 236 valence electrons. The Morgan fingerprint density at radius 1 is 0.952 bits per heavy atom. The number of aliphatic imine (C=N–C) groups is 1. The highest BCUT2D eigenvalue weighted by Crippen LogP contribution is 2.20. The van der Waals surface area contributed by atoms with Crippen LogP contribution in [0.4, 0.5) is 0 Å². The fourth-order valence-electron chi connectivity index (χ4n) is 5.21. The summed E-state index contributed by atoms with van der Waals surface area (Å²) in [6.07, 6.45) is 2.70. The monoisotopic (exact) mass is 595 g/mol. The molecule has 2 aliphatic heterocycles. The Morgan fingerprint density at radius 3 is 2.19 bits per heavy atom. The van der Waals surface area contributed by atoms with E-state index in [-0.39, 0.29) is 50.3 Å². The van der Waals surface area contributed by atoms with Gasteiger partial charge in [0.25, 0.3) is 0 Å². The van der Waals surface area contributed by atoms with Crippen molar-refractivity contribution in [1.82, 2.24) is 25.8 Å². The average Bonchev–Trinajstić information content (AvgIpc) is 3.62. The molecule has 0 unspecified atom stereocenters. The van der Waals surface area contributed by atoms with E-state index in [1.54, 1.807) is 0 Å². The molecule has 2 rings (SSSR count). The van der Waals surface area contributed by atoms with Crippen molar-refractivity contribution in [1.29, 1.82) is 0 Å². The molecule has 16 heteroatoms. The van der Waals surface area contributed by atoms with E-state index in [0.717, 1.165) is 0 Å². The van der Waals surface area contributed by atoms with Crippen LogP contribution in [-0.4, -0.2) is 113 Å². The first kappa shape index (κ1) is 34.3. The van der Waals surface area contributed by atoms with Gasteiger partial charge >= 0.3 is 5.97 Å². The molecule has 5 amide bonds. The van der Waals surface area contributed by atoms with Gasteiger partial charge in [-0.15, -0.1) is 0 Å². The molecular formula is C26H45N9O7. The molecule has 42 heavy (non-hydrogen) atoms. The summed E-state index contributed by atoms with van der Waals surface area (Å²) in [5.41, 5.74) is 16.2. The minimum absolute atomic E-state index is 0.0193. The van der Waals surface area contributed by atoms with Crippen LogP contribution in [-0.2, 0) is 28.8 Å². The second-order valence-electron chi connectivity index (χ2n) is 11.0. The van der Waals surface area contributed by atoms with Crippen LogP contribution in [0.3, 0.4) is 0 Å². The van der Waals surface area contributed by atoms with Crippen molar-refractivity contribution in [2.24, 2.45) is 28.1 Å². The number of nitrogens with zero attached hydrogens (tertiary/aromatic N) is 3. The summed E-state index contributed by atoms with van der Waals surface area (Å²) < 4.78 is 0. The van der Waals surface area contributed by atoms with Crippen molar-refractivity contribution < 1.29 is 33.9 Å². The maximum absolute atomic E-state index is 13.2. The molecular weight excluding hydrogens is 550 g/mol. The second-order valence-corrected chi connectivity index (χ2v) is 11.0. The predicted octanol–water partition coefficient (Wildman–Crippen LogP) is -2.80. The lowest BCUT2D eigenvalue weighted by Crippen LogP contribution is -2.56. The summed E-state index contributed by atoms with van der Waals surface area (Å²) in [6.45, 7) is 3.89. The van der Waals surface area contributed by atoms with E-state index in [9.17, 15) is 33.9 Å². The normalized spacial score (nSPS) is 19.6. The number of hydrogen-bond donors (Lipinski definition) is 7. The molecule has 0 spiro atoms. The zero-order valence-electron chi connectivity index (χ0n) is 24.3. The minimum atomic E-state index is -1.09. The first-order chi connectivity index (χ1) is 19.8. The van der Waals surface area contributed by atoms with Crippen molar-refractivity contribution in [2.75, 3.05) is 32.7 Å². The maximum Gasteiger partial charge on any atom is 0.326 e. The molecule has 0 aromatic carbocycles. The highest BCUT2D eigenvalue weighted by molar-refractivity contribution is 5.95. The Bertz CT molecular complexity index is 1030. The highest BCUT2D eigenvalue weighted by atomic mass is 16.4. The summed E-state index contributed by atoms with van der Waals surface area (Å²) in [4.78, 5) is 82.4. The van der Waals surface area contributed by atoms with Gasteiger partial charge in [0.2, 0.25) is 29.5 Å². The number of nitrogens with two attached hydrogens (primary N) is 3. The number of carbonyl (C=O) groups excluding carboxylic acids is 5. The third kappa shape index (κ3) is 10.2. The molecule has 0 aromatic heterocycles. The third-order valence-corrected chi connectivity index (χ3v) is 7.21. The Labute approximate surface area is 245 Å². The number of amides is 5. The SMILES string of the molecule is CC(C)C[C@H](NC(=O)CNC(=O)[C@H](CCCN=C(N)N)NC(=O)[C@@H]1CCCN1C(=O)CN)C(=O)N1CCC[C@H]1C(=O)O. The number of nitrogens with one attached hydrogen (secondary N) is 3. The van der Waals surface area contributed by atoms with Crippen LogP contribution in [0.2, 0.25) is 0 Å². The summed E-state index contributed by atoms with van der Waals surface area (Å²) in [6, 6.07) is -3.72. The van der Waals surface area contributed by atoms with Crippen molar-refractivity contribution >= 4 is 41.5 Å². The summed E-state index contributed by atoms with van der Waals surface area (Å²) >= 11 is 0. The van der Waals surface area contributed by atoms with Crippen LogP contribution >= 0.6 is 0 Å². The molecule has 2 saturated heterocycles. The molecule has 2 fully saturated rings. The molecule has 0 radical (unpaired) electrons. The van der Waals surface area contributed by atoms with Crippen molar-refractivity contribution in [3.05, 3.63) is 0 Å². The Balaban J connectivity index is 2.05. The fraction of sp³-hybridized carbons (Fsp3) is 0.731. The standard InChI is InChI=1S/C26H45N9O7/c1-15(2)12-17(24(40)35-11-5-8-19(35)25(41)42)32-20(36)14-31-22(38)16(6-3-9-30-26(28)29)33-23(39)18-7-4-10-34(18)21(37)13-27/h15-19H,3-14,27H2,1-2H3,(H,31,38)(H,32,36)(H,33,39)(H,41,42)(H4,28,29,30)/t16-,17-,18-,19-/m0/s1. The third-order valence-electron chi connectivity index (χ3n) is 7.21. The van der Waals surface area contributed by atoms with Crippen LogP contribution in [0.5, 0.6) is 0 Å². The highest BCUT2D eigenvalue weighted by Gasteiger charge is 2.38. The Hall–Kier alpha value is -3.95. The summed E-state index contributed by atoms with van der Waals surface area (Å²) in [7, 11) is 0. The van der Waals surface area contributed by atoms with Gasteiger partial charge in [-0.3, -0.25) is 29.0 Å². The van der Waals surface area contributed by atoms with E-state index in [2.05, 4.69) is 20.9 Å². The van der Waals surface area contributed by atoms with E-state index < -0.39 is 60.3 Å². The average molecular weight is 596 g/mol. The van der Waals surface area contributed by atoms with Crippen LogP contribution in [0.1, 0.15) is 58.8 Å². The van der Waals surface area contributed by atoms with Gasteiger partial charge in [-0.25, -0.2) is 4.79 Å². The smallest absolute Gasteiger partial charge is 0.326 e. The zero-order chi connectivity index (χ0) is 31.4.